The largest absolute Gasteiger partial charge is 0.462 e. The van der Waals surface area contributed by atoms with Crippen LogP contribution in [0.1, 0.15) is 40.7 Å². The van der Waals surface area contributed by atoms with Crippen molar-refractivity contribution in [1.82, 2.24) is 0 Å². The summed E-state index contributed by atoms with van der Waals surface area (Å²) in [5.74, 6) is 0.466. The summed E-state index contributed by atoms with van der Waals surface area (Å²) in [7, 11) is 0. The van der Waals surface area contributed by atoms with E-state index in [4.69, 9.17) is 9.15 Å². The van der Waals surface area contributed by atoms with Crippen molar-refractivity contribution in [2.45, 2.75) is 19.8 Å². The molecule has 0 fully saturated rings. The van der Waals surface area contributed by atoms with E-state index in [-0.39, 0.29) is 11.7 Å². The van der Waals surface area contributed by atoms with Crippen molar-refractivity contribution >= 4 is 12.3 Å². The van der Waals surface area contributed by atoms with Crippen LogP contribution in [-0.4, -0.2) is 18.9 Å². The number of carbonyl (C=O) groups excluding carboxylic acids is 2. The van der Waals surface area contributed by atoms with Crippen LogP contribution < -0.4 is 0 Å². The van der Waals surface area contributed by atoms with Crippen molar-refractivity contribution in [2.24, 2.45) is 0 Å². The molecule has 4 heteroatoms. The molecule has 2 aromatic rings. The lowest BCUT2D eigenvalue weighted by atomic mass is 10.1. The standard InChI is InChI=1S/C16H16O4/c1-2-3-9-19-16(18)13-6-4-5-12(10-13)15-8-7-14(11-17)20-15/h4-8,10-11H,2-3,9H2,1H3. The van der Waals surface area contributed by atoms with E-state index in [0.29, 0.717) is 24.2 Å². The van der Waals surface area contributed by atoms with Crippen molar-refractivity contribution in [3.8, 4) is 11.3 Å². The third kappa shape index (κ3) is 3.35. The Morgan fingerprint density at radius 1 is 1.30 bits per heavy atom. The molecule has 0 bridgehead atoms. The second-order valence-corrected chi connectivity index (χ2v) is 4.39. The van der Waals surface area contributed by atoms with Crippen LogP contribution in [0.25, 0.3) is 11.3 Å². The average Bonchev–Trinajstić information content (AvgIpc) is 2.96. The third-order valence-electron chi connectivity index (χ3n) is 2.86. The first kappa shape index (κ1) is 14.1. The zero-order valence-electron chi connectivity index (χ0n) is 11.3. The van der Waals surface area contributed by atoms with Gasteiger partial charge >= 0.3 is 5.97 Å². The molecule has 2 rings (SSSR count). The fourth-order valence-electron chi connectivity index (χ4n) is 1.76. The summed E-state index contributed by atoms with van der Waals surface area (Å²) < 4.78 is 10.5. The van der Waals surface area contributed by atoms with Crippen LogP contribution in [0.5, 0.6) is 0 Å². The summed E-state index contributed by atoms with van der Waals surface area (Å²) in [6, 6.07) is 10.3. The maximum Gasteiger partial charge on any atom is 0.338 e. The van der Waals surface area contributed by atoms with E-state index in [1.54, 1.807) is 30.3 Å². The van der Waals surface area contributed by atoms with E-state index < -0.39 is 0 Å². The molecule has 0 N–H and O–H groups in total. The minimum atomic E-state index is -0.345. The zero-order chi connectivity index (χ0) is 14.4. The molecule has 0 saturated heterocycles. The molecule has 0 saturated carbocycles. The van der Waals surface area contributed by atoms with Gasteiger partial charge in [-0.2, -0.15) is 0 Å². The van der Waals surface area contributed by atoms with Crippen molar-refractivity contribution < 1.29 is 18.7 Å². The number of rotatable bonds is 6. The van der Waals surface area contributed by atoms with E-state index >= 15 is 0 Å². The lowest BCUT2D eigenvalue weighted by Gasteiger charge is -2.05. The summed E-state index contributed by atoms with van der Waals surface area (Å²) in [6.45, 7) is 2.46. The second kappa shape index (κ2) is 6.70. The Bertz CT molecular complexity index is 598. The van der Waals surface area contributed by atoms with Crippen molar-refractivity contribution in [3.05, 3.63) is 47.7 Å². The molecule has 4 nitrogen and oxygen atoms in total. The van der Waals surface area contributed by atoms with Crippen molar-refractivity contribution in [1.29, 1.82) is 0 Å². The van der Waals surface area contributed by atoms with E-state index in [1.807, 2.05) is 13.0 Å². The van der Waals surface area contributed by atoms with Crippen LogP contribution in [0.15, 0.2) is 40.8 Å². The van der Waals surface area contributed by atoms with Gasteiger partial charge in [0.1, 0.15) is 5.76 Å². The van der Waals surface area contributed by atoms with Crippen molar-refractivity contribution in [3.63, 3.8) is 0 Å². The van der Waals surface area contributed by atoms with Gasteiger partial charge in [0, 0.05) is 5.56 Å². The lowest BCUT2D eigenvalue weighted by molar-refractivity contribution is 0.0499. The molecule has 0 amide bonds. The molecular weight excluding hydrogens is 256 g/mol. The number of ether oxygens (including phenoxy) is 1. The molecular formula is C16H16O4. The van der Waals surface area contributed by atoms with Crippen LogP contribution >= 0.6 is 0 Å². The van der Waals surface area contributed by atoms with Crippen molar-refractivity contribution in [2.75, 3.05) is 6.61 Å². The van der Waals surface area contributed by atoms with Gasteiger partial charge in [-0.25, -0.2) is 4.79 Å². The highest BCUT2D eigenvalue weighted by Crippen LogP contribution is 2.22. The number of hydrogen-bond donors (Lipinski definition) is 0. The Balaban J connectivity index is 2.15. The highest BCUT2D eigenvalue weighted by Gasteiger charge is 2.10. The average molecular weight is 272 g/mol. The number of unbranched alkanes of at least 4 members (excludes halogenated alkanes) is 1. The molecule has 0 spiro atoms. The summed E-state index contributed by atoms with van der Waals surface area (Å²) in [6.07, 6.45) is 2.48. The predicted octanol–water partition coefficient (Wildman–Crippen LogP) is 3.72. The van der Waals surface area contributed by atoms with Gasteiger partial charge in [0.15, 0.2) is 12.0 Å². The Hall–Kier alpha value is -2.36. The lowest BCUT2D eigenvalue weighted by Crippen LogP contribution is -2.06. The Kier molecular flexibility index (Phi) is 4.71. The minimum absolute atomic E-state index is 0.260. The Labute approximate surface area is 117 Å². The Morgan fingerprint density at radius 2 is 2.15 bits per heavy atom. The van der Waals surface area contributed by atoms with Gasteiger partial charge in [-0.1, -0.05) is 25.5 Å². The molecule has 104 valence electrons. The molecule has 0 unspecified atom stereocenters. The monoisotopic (exact) mass is 272 g/mol. The van der Waals surface area contributed by atoms with Gasteiger partial charge in [-0.3, -0.25) is 4.79 Å². The second-order valence-electron chi connectivity index (χ2n) is 4.39. The molecule has 1 heterocycles. The minimum Gasteiger partial charge on any atom is -0.462 e. The quantitative estimate of drug-likeness (QED) is 0.457. The SMILES string of the molecule is CCCCOC(=O)c1cccc(-c2ccc(C=O)o2)c1. The number of furan rings is 1. The smallest absolute Gasteiger partial charge is 0.338 e. The molecule has 1 aromatic carbocycles. The summed E-state index contributed by atoms with van der Waals surface area (Å²) >= 11 is 0. The topological polar surface area (TPSA) is 56.5 Å². The highest BCUT2D eigenvalue weighted by atomic mass is 16.5. The maximum atomic E-state index is 11.9. The predicted molar refractivity (Wildman–Crippen MR) is 74.7 cm³/mol. The maximum absolute atomic E-state index is 11.9. The van der Waals surface area contributed by atoms with Gasteiger partial charge in [0.05, 0.1) is 12.2 Å². The van der Waals surface area contributed by atoms with Gasteiger partial charge < -0.3 is 9.15 Å². The van der Waals surface area contributed by atoms with Crippen LogP contribution in [0.2, 0.25) is 0 Å². The molecule has 0 aliphatic rings. The van der Waals surface area contributed by atoms with Crippen LogP contribution in [0.3, 0.4) is 0 Å². The third-order valence-corrected chi connectivity index (χ3v) is 2.86. The first-order chi connectivity index (χ1) is 9.74. The van der Waals surface area contributed by atoms with Gasteiger partial charge in [-0.15, -0.1) is 0 Å². The summed E-state index contributed by atoms with van der Waals surface area (Å²) in [4.78, 5) is 22.5. The first-order valence-electron chi connectivity index (χ1n) is 6.57. The van der Waals surface area contributed by atoms with E-state index in [1.165, 1.54) is 0 Å². The van der Waals surface area contributed by atoms with Crippen LogP contribution in [0.4, 0.5) is 0 Å². The van der Waals surface area contributed by atoms with Crippen LogP contribution in [-0.2, 0) is 4.74 Å². The number of esters is 1. The summed E-state index contributed by atoms with van der Waals surface area (Å²) in [5, 5.41) is 0. The molecule has 0 aliphatic heterocycles. The number of aldehydes is 1. The highest BCUT2D eigenvalue weighted by molar-refractivity contribution is 5.90. The fourth-order valence-corrected chi connectivity index (χ4v) is 1.76. The van der Waals surface area contributed by atoms with E-state index in [0.717, 1.165) is 18.4 Å². The molecule has 0 aliphatic carbocycles. The summed E-state index contributed by atoms with van der Waals surface area (Å²) in [5.41, 5.74) is 1.21. The number of carbonyl (C=O) groups is 2. The van der Waals surface area contributed by atoms with Gasteiger partial charge in [0.25, 0.3) is 0 Å². The van der Waals surface area contributed by atoms with E-state index in [9.17, 15) is 9.59 Å². The molecule has 1 aromatic heterocycles. The van der Waals surface area contributed by atoms with Gasteiger partial charge in [0.2, 0.25) is 0 Å². The zero-order valence-corrected chi connectivity index (χ0v) is 11.3. The molecule has 0 atom stereocenters. The number of hydrogen-bond acceptors (Lipinski definition) is 4. The molecule has 0 radical (unpaired) electrons. The van der Waals surface area contributed by atoms with Gasteiger partial charge in [-0.05, 0) is 30.7 Å². The molecule has 20 heavy (non-hydrogen) atoms. The first-order valence-corrected chi connectivity index (χ1v) is 6.57. The fraction of sp³-hybridized carbons (Fsp3) is 0.250. The number of benzene rings is 1. The normalized spacial score (nSPS) is 10.2. The van der Waals surface area contributed by atoms with E-state index in [2.05, 4.69) is 0 Å². The Morgan fingerprint density at radius 3 is 2.85 bits per heavy atom. The van der Waals surface area contributed by atoms with Crippen LogP contribution in [0, 0.1) is 0 Å².